The van der Waals surface area contributed by atoms with Crippen LogP contribution in [0.4, 0.5) is 0 Å². The third kappa shape index (κ3) is 3.41. The minimum atomic E-state index is 0.943. The van der Waals surface area contributed by atoms with E-state index in [1.807, 2.05) is 12.4 Å². The Hall–Kier alpha value is -1.67. The summed E-state index contributed by atoms with van der Waals surface area (Å²) in [5, 5.41) is 3.50. The van der Waals surface area contributed by atoms with Crippen molar-refractivity contribution in [1.82, 2.24) is 10.3 Å². The summed E-state index contributed by atoms with van der Waals surface area (Å²) >= 11 is 0. The fraction of sp³-hybridized carbons (Fsp3) is 0.312. The van der Waals surface area contributed by atoms with Gasteiger partial charge in [0.05, 0.1) is 0 Å². The van der Waals surface area contributed by atoms with Crippen molar-refractivity contribution < 1.29 is 0 Å². The molecule has 1 aromatic heterocycles. The Labute approximate surface area is 109 Å². The minimum absolute atomic E-state index is 0.943. The summed E-state index contributed by atoms with van der Waals surface area (Å²) in [5.41, 5.74) is 5.49. The zero-order valence-electron chi connectivity index (χ0n) is 11.1. The molecule has 1 aromatic carbocycles. The first-order valence-corrected chi connectivity index (χ1v) is 6.42. The van der Waals surface area contributed by atoms with Gasteiger partial charge in [0.25, 0.3) is 0 Å². The van der Waals surface area contributed by atoms with Crippen molar-refractivity contribution in [3.05, 3.63) is 65.0 Å². The first kappa shape index (κ1) is 12.8. The molecular formula is C16H20N2. The van der Waals surface area contributed by atoms with E-state index in [1.54, 1.807) is 0 Å². The van der Waals surface area contributed by atoms with Gasteiger partial charge in [-0.1, -0.05) is 18.2 Å². The van der Waals surface area contributed by atoms with Crippen molar-refractivity contribution >= 4 is 0 Å². The molecule has 2 nitrogen and oxygen atoms in total. The van der Waals surface area contributed by atoms with E-state index in [9.17, 15) is 0 Å². The minimum Gasteiger partial charge on any atom is -0.312 e. The number of nitrogens with zero attached hydrogens (tertiary/aromatic N) is 1. The third-order valence-corrected chi connectivity index (χ3v) is 3.37. The first-order chi connectivity index (χ1) is 8.77. The Morgan fingerprint density at radius 2 is 1.83 bits per heavy atom. The van der Waals surface area contributed by atoms with E-state index in [0.29, 0.717) is 0 Å². The van der Waals surface area contributed by atoms with Crippen LogP contribution in [0.15, 0.2) is 42.7 Å². The van der Waals surface area contributed by atoms with Crippen LogP contribution < -0.4 is 5.32 Å². The van der Waals surface area contributed by atoms with Gasteiger partial charge in [-0.3, -0.25) is 4.98 Å². The summed E-state index contributed by atoms with van der Waals surface area (Å²) in [4.78, 5) is 4.02. The summed E-state index contributed by atoms with van der Waals surface area (Å²) in [6.07, 6.45) is 4.74. The van der Waals surface area contributed by atoms with E-state index < -0.39 is 0 Å². The van der Waals surface area contributed by atoms with E-state index in [0.717, 1.165) is 19.5 Å². The molecule has 0 saturated heterocycles. The molecule has 0 spiro atoms. The molecule has 0 saturated carbocycles. The lowest BCUT2D eigenvalue weighted by Crippen LogP contribution is -2.17. The summed E-state index contributed by atoms with van der Waals surface area (Å²) in [6, 6.07) is 10.6. The molecule has 1 heterocycles. The second-order valence-electron chi connectivity index (χ2n) is 4.64. The molecule has 2 rings (SSSR count). The van der Waals surface area contributed by atoms with Gasteiger partial charge in [-0.25, -0.2) is 0 Å². The first-order valence-electron chi connectivity index (χ1n) is 6.42. The molecule has 0 atom stereocenters. The molecule has 0 aliphatic carbocycles. The maximum absolute atomic E-state index is 4.02. The molecule has 0 unspecified atom stereocenters. The van der Waals surface area contributed by atoms with Crippen LogP contribution in [0.1, 0.15) is 22.3 Å². The molecule has 18 heavy (non-hydrogen) atoms. The quantitative estimate of drug-likeness (QED) is 0.813. The molecule has 0 aliphatic heterocycles. The summed E-state index contributed by atoms with van der Waals surface area (Å²) < 4.78 is 0. The molecule has 0 bridgehead atoms. The lowest BCUT2D eigenvalue weighted by molar-refractivity contribution is 0.684. The third-order valence-electron chi connectivity index (χ3n) is 3.37. The zero-order valence-corrected chi connectivity index (χ0v) is 11.1. The van der Waals surface area contributed by atoms with Crippen molar-refractivity contribution in [1.29, 1.82) is 0 Å². The molecule has 0 aliphatic rings. The highest BCUT2D eigenvalue weighted by atomic mass is 14.8. The van der Waals surface area contributed by atoms with Crippen LogP contribution in [-0.2, 0) is 13.0 Å². The predicted octanol–water partition coefficient (Wildman–Crippen LogP) is 3.03. The summed E-state index contributed by atoms with van der Waals surface area (Å²) in [5.74, 6) is 0. The van der Waals surface area contributed by atoms with Crippen LogP contribution in [0, 0.1) is 13.8 Å². The Morgan fingerprint density at radius 3 is 2.61 bits per heavy atom. The molecule has 0 radical (unpaired) electrons. The highest BCUT2D eigenvalue weighted by Gasteiger charge is 1.99. The number of aromatic nitrogens is 1. The normalized spacial score (nSPS) is 10.6. The highest BCUT2D eigenvalue weighted by Crippen LogP contribution is 2.12. The van der Waals surface area contributed by atoms with Crippen molar-refractivity contribution in [3.63, 3.8) is 0 Å². The number of benzene rings is 1. The standard InChI is InChI=1S/C16H20N2/c1-13-4-3-5-16(14(13)2)12-18-11-8-15-6-9-17-10-7-15/h3-7,9-10,18H,8,11-12H2,1-2H3. The smallest absolute Gasteiger partial charge is 0.0270 e. The summed E-state index contributed by atoms with van der Waals surface area (Å²) in [7, 11) is 0. The van der Waals surface area contributed by atoms with Gasteiger partial charge in [0.1, 0.15) is 0 Å². The average molecular weight is 240 g/mol. The van der Waals surface area contributed by atoms with Crippen molar-refractivity contribution in [2.75, 3.05) is 6.54 Å². The van der Waals surface area contributed by atoms with Crippen LogP contribution in [0.25, 0.3) is 0 Å². The van der Waals surface area contributed by atoms with Crippen LogP contribution in [-0.4, -0.2) is 11.5 Å². The molecular weight excluding hydrogens is 220 g/mol. The van der Waals surface area contributed by atoms with E-state index in [2.05, 4.69) is 54.5 Å². The number of hydrogen-bond acceptors (Lipinski definition) is 2. The monoisotopic (exact) mass is 240 g/mol. The maximum Gasteiger partial charge on any atom is 0.0270 e. The fourth-order valence-electron chi connectivity index (χ4n) is 2.01. The van der Waals surface area contributed by atoms with Crippen LogP contribution in [0.2, 0.25) is 0 Å². The second-order valence-corrected chi connectivity index (χ2v) is 4.64. The average Bonchev–Trinajstić information content (AvgIpc) is 2.40. The van der Waals surface area contributed by atoms with E-state index >= 15 is 0 Å². The molecule has 1 N–H and O–H groups in total. The highest BCUT2D eigenvalue weighted by molar-refractivity contribution is 5.32. The number of pyridine rings is 1. The van der Waals surface area contributed by atoms with Crippen molar-refractivity contribution in [2.24, 2.45) is 0 Å². The predicted molar refractivity (Wildman–Crippen MR) is 75.6 cm³/mol. The Morgan fingerprint density at radius 1 is 1.06 bits per heavy atom. The van der Waals surface area contributed by atoms with Gasteiger partial charge < -0.3 is 5.32 Å². The molecule has 0 fully saturated rings. The lowest BCUT2D eigenvalue weighted by atomic mass is 10.0. The van der Waals surface area contributed by atoms with E-state index in [-0.39, 0.29) is 0 Å². The van der Waals surface area contributed by atoms with Gasteiger partial charge in [-0.2, -0.15) is 0 Å². The van der Waals surface area contributed by atoms with E-state index in [1.165, 1.54) is 22.3 Å². The second kappa shape index (κ2) is 6.31. The van der Waals surface area contributed by atoms with Gasteiger partial charge in [-0.05, 0) is 61.2 Å². The largest absolute Gasteiger partial charge is 0.312 e. The topological polar surface area (TPSA) is 24.9 Å². The Balaban J connectivity index is 1.81. The maximum atomic E-state index is 4.02. The Bertz CT molecular complexity index is 492. The summed E-state index contributed by atoms with van der Waals surface area (Å²) in [6.45, 7) is 6.29. The molecule has 0 amide bonds. The van der Waals surface area contributed by atoms with Crippen LogP contribution in [0.5, 0.6) is 0 Å². The van der Waals surface area contributed by atoms with Crippen LogP contribution >= 0.6 is 0 Å². The number of rotatable bonds is 5. The number of hydrogen-bond donors (Lipinski definition) is 1. The van der Waals surface area contributed by atoms with E-state index in [4.69, 9.17) is 0 Å². The van der Waals surface area contributed by atoms with Gasteiger partial charge >= 0.3 is 0 Å². The van der Waals surface area contributed by atoms with Crippen molar-refractivity contribution in [2.45, 2.75) is 26.8 Å². The molecule has 2 heteroatoms. The van der Waals surface area contributed by atoms with Gasteiger partial charge in [-0.15, -0.1) is 0 Å². The number of nitrogens with one attached hydrogen (secondary N) is 1. The van der Waals surface area contributed by atoms with Crippen LogP contribution in [0.3, 0.4) is 0 Å². The Kier molecular flexibility index (Phi) is 4.48. The number of aryl methyl sites for hydroxylation is 1. The molecule has 94 valence electrons. The lowest BCUT2D eigenvalue weighted by Gasteiger charge is -2.09. The molecule has 2 aromatic rings. The fourth-order valence-corrected chi connectivity index (χ4v) is 2.01. The SMILES string of the molecule is Cc1cccc(CNCCc2ccncc2)c1C. The van der Waals surface area contributed by atoms with Gasteiger partial charge in [0.2, 0.25) is 0 Å². The van der Waals surface area contributed by atoms with Gasteiger partial charge in [0, 0.05) is 18.9 Å². The zero-order chi connectivity index (χ0) is 12.8. The van der Waals surface area contributed by atoms with Crippen molar-refractivity contribution in [3.8, 4) is 0 Å². The van der Waals surface area contributed by atoms with Gasteiger partial charge in [0.15, 0.2) is 0 Å².